The van der Waals surface area contributed by atoms with Gasteiger partial charge in [0.15, 0.2) is 0 Å². The van der Waals surface area contributed by atoms with Gasteiger partial charge in [-0.05, 0) is 34.4 Å². The Morgan fingerprint density at radius 2 is 2.00 bits per heavy atom. The Hall–Kier alpha value is -1.91. The van der Waals surface area contributed by atoms with Crippen molar-refractivity contribution in [3.05, 3.63) is 65.1 Å². The third-order valence-corrected chi connectivity index (χ3v) is 4.46. The molecule has 3 aromatic rings. The van der Waals surface area contributed by atoms with Crippen molar-refractivity contribution < 1.29 is 0 Å². The molecule has 0 amide bonds. The number of hydrogen-bond donors (Lipinski definition) is 1. The lowest BCUT2D eigenvalue weighted by molar-refractivity contribution is 0.425. The smallest absolute Gasteiger partial charge is 0.0927 e. The van der Waals surface area contributed by atoms with Crippen molar-refractivity contribution >= 4 is 11.3 Å². The van der Waals surface area contributed by atoms with Gasteiger partial charge in [-0.1, -0.05) is 37.3 Å². The highest BCUT2D eigenvalue weighted by molar-refractivity contribution is 7.07. The van der Waals surface area contributed by atoms with E-state index in [2.05, 4.69) is 47.2 Å². The summed E-state index contributed by atoms with van der Waals surface area (Å²) in [6.45, 7) is 2.12. The summed E-state index contributed by atoms with van der Waals surface area (Å²) in [4.78, 5) is 0. The van der Waals surface area contributed by atoms with Gasteiger partial charge < -0.3 is 5.73 Å². The fraction of sp³-hybridized carbons (Fsp3) is 0.235. The number of nitrogens with zero attached hydrogens (tertiary/aromatic N) is 2. The summed E-state index contributed by atoms with van der Waals surface area (Å²) < 4.78 is 2.00. The van der Waals surface area contributed by atoms with Gasteiger partial charge in [-0.2, -0.15) is 16.4 Å². The number of benzene rings is 1. The van der Waals surface area contributed by atoms with Crippen LogP contribution in [0.2, 0.25) is 0 Å². The van der Waals surface area contributed by atoms with Crippen molar-refractivity contribution in [2.45, 2.75) is 25.4 Å². The van der Waals surface area contributed by atoms with E-state index in [9.17, 15) is 0 Å². The highest BCUT2D eigenvalue weighted by Gasteiger charge is 2.22. The topological polar surface area (TPSA) is 43.8 Å². The van der Waals surface area contributed by atoms with E-state index >= 15 is 0 Å². The lowest BCUT2D eigenvalue weighted by Gasteiger charge is -2.22. The molecule has 2 aromatic heterocycles. The van der Waals surface area contributed by atoms with Gasteiger partial charge in [0.1, 0.15) is 0 Å². The maximum atomic E-state index is 6.33. The van der Waals surface area contributed by atoms with Gasteiger partial charge in [0.05, 0.1) is 12.2 Å². The SMILES string of the molecule is CCC(N)C(c1ccsc1)n1cc(-c2ccccc2)cn1. The van der Waals surface area contributed by atoms with Crippen molar-refractivity contribution in [3.63, 3.8) is 0 Å². The third kappa shape index (κ3) is 2.91. The Morgan fingerprint density at radius 1 is 1.19 bits per heavy atom. The minimum Gasteiger partial charge on any atom is -0.326 e. The Labute approximate surface area is 129 Å². The van der Waals surface area contributed by atoms with E-state index in [1.165, 1.54) is 11.1 Å². The normalized spacial score (nSPS) is 14.0. The maximum Gasteiger partial charge on any atom is 0.0927 e. The van der Waals surface area contributed by atoms with E-state index in [0.717, 1.165) is 12.0 Å². The molecule has 0 radical (unpaired) electrons. The minimum absolute atomic E-state index is 0.0584. The van der Waals surface area contributed by atoms with Crippen LogP contribution in [0.15, 0.2) is 59.6 Å². The van der Waals surface area contributed by atoms with Crippen molar-refractivity contribution in [2.75, 3.05) is 0 Å². The monoisotopic (exact) mass is 297 g/mol. The molecule has 0 fully saturated rings. The lowest BCUT2D eigenvalue weighted by Crippen LogP contribution is -2.32. The van der Waals surface area contributed by atoms with Crippen molar-refractivity contribution in [1.82, 2.24) is 9.78 Å². The van der Waals surface area contributed by atoms with Crippen LogP contribution in [0.1, 0.15) is 24.9 Å². The summed E-state index contributed by atoms with van der Waals surface area (Å²) in [6.07, 6.45) is 4.92. The fourth-order valence-corrected chi connectivity index (χ4v) is 3.22. The van der Waals surface area contributed by atoms with Crippen LogP contribution >= 0.6 is 11.3 Å². The first-order valence-corrected chi connectivity index (χ1v) is 8.11. The predicted molar refractivity (Wildman–Crippen MR) is 88.4 cm³/mol. The zero-order chi connectivity index (χ0) is 14.7. The van der Waals surface area contributed by atoms with E-state index in [1.807, 2.05) is 29.1 Å². The number of aromatic nitrogens is 2. The standard InChI is InChI=1S/C17H19N3S/c1-2-16(18)17(14-8-9-21-12-14)20-11-15(10-19-20)13-6-4-3-5-7-13/h3-12,16-17H,2,18H2,1H3. The van der Waals surface area contributed by atoms with E-state index in [4.69, 9.17) is 5.73 Å². The van der Waals surface area contributed by atoms with E-state index in [-0.39, 0.29) is 12.1 Å². The summed E-state index contributed by atoms with van der Waals surface area (Å²) >= 11 is 1.70. The molecule has 21 heavy (non-hydrogen) atoms. The molecule has 0 saturated carbocycles. The molecule has 2 heterocycles. The molecule has 2 N–H and O–H groups in total. The largest absolute Gasteiger partial charge is 0.326 e. The molecule has 0 aliphatic heterocycles. The molecule has 0 aliphatic rings. The summed E-state index contributed by atoms with van der Waals surface area (Å²) in [6, 6.07) is 12.6. The average Bonchev–Trinajstić information content (AvgIpc) is 3.20. The molecule has 0 aliphatic carbocycles. The Bertz CT molecular complexity index is 673. The molecule has 3 rings (SSSR count). The van der Waals surface area contributed by atoms with Crippen LogP contribution in [0, 0.1) is 0 Å². The first-order chi connectivity index (χ1) is 10.3. The maximum absolute atomic E-state index is 6.33. The molecule has 0 spiro atoms. The highest BCUT2D eigenvalue weighted by Crippen LogP contribution is 2.27. The van der Waals surface area contributed by atoms with Gasteiger partial charge in [0.25, 0.3) is 0 Å². The number of nitrogens with two attached hydrogens (primary N) is 1. The summed E-state index contributed by atoms with van der Waals surface area (Å²) in [5.41, 5.74) is 9.87. The van der Waals surface area contributed by atoms with Gasteiger partial charge in [0, 0.05) is 17.8 Å². The van der Waals surface area contributed by atoms with Gasteiger partial charge >= 0.3 is 0 Å². The van der Waals surface area contributed by atoms with Crippen LogP contribution in [-0.4, -0.2) is 15.8 Å². The molecular weight excluding hydrogens is 278 g/mol. The predicted octanol–water partition coefficient (Wildman–Crippen LogP) is 3.94. The number of rotatable bonds is 5. The first kappa shape index (κ1) is 14.0. The molecule has 1 aromatic carbocycles. The van der Waals surface area contributed by atoms with Crippen LogP contribution in [-0.2, 0) is 0 Å². The molecular formula is C17H19N3S. The average molecular weight is 297 g/mol. The van der Waals surface area contributed by atoms with Crippen LogP contribution in [0.4, 0.5) is 0 Å². The molecule has 2 unspecified atom stereocenters. The summed E-state index contributed by atoms with van der Waals surface area (Å²) in [5, 5.41) is 8.81. The second-order valence-electron chi connectivity index (χ2n) is 5.15. The van der Waals surface area contributed by atoms with Crippen molar-refractivity contribution in [2.24, 2.45) is 5.73 Å². The van der Waals surface area contributed by atoms with Crippen LogP contribution in [0.3, 0.4) is 0 Å². The molecule has 0 saturated heterocycles. The lowest BCUT2D eigenvalue weighted by atomic mass is 10.0. The quantitative estimate of drug-likeness (QED) is 0.775. The molecule has 3 nitrogen and oxygen atoms in total. The molecule has 108 valence electrons. The molecule has 4 heteroatoms. The van der Waals surface area contributed by atoms with E-state index in [0.29, 0.717) is 0 Å². The number of hydrogen-bond acceptors (Lipinski definition) is 3. The summed E-state index contributed by atoms with van der Waals surface area (Å²) in [5.74, 6) is 0. The van der Waals surface area contributed by atoms with Crippen LogP contribution < -0.4 is 5.73 Å². The Morgan fingerprint density at radius 3 is 2.67 bits per heavy atom. The van der Waals surface area contributed by atoms with Gasteiger partial charge in [-0.3, -0.25) is 4.68 Å². The van der Waals surface area contributed by atoms with Gasteiger partial charge in [-0.15, -0.1) is 0 Å². The van der Waals surface area contributed by atoms with Crippen LogP contribution in [0.25, 0.3) is 11.1 Å². The second kappa shape index (κ2) is 6.24. The fourth-order valence-electron chi connectivity index (χ4n) is 2.53. The van der Waals surface area contributed by atoms with E-state index < -0.39 is 0 Å². The number of thiophene rings is 1. The molecule has 2 atom stereocenters. The van der Waals surface area contributed by atoms with Crippen molar-refractivity contribution in [1.29, 1.82) is 0 Å². The highest BCUT2D eigenvalue weighted by atomic mass is 32.1. The zero-order valence-electron chi connectivity index (χ0n) is 12.0. The zero-order valence-corrected chi connectivity index (χ0v) is 12.8. The Kier molecular flexibility index (Phi) is 4.18. The molecule has 0 bridgehead atoms. The minimum atomic E-state index is 0.0584. The van der Waals surface area contributed by atoms with Gasteiger partial charge in [-0.25, -0.2) is 0 Å². The first-order valence-electron chi connectivity index (χ1n) is 7.17. The van der Waals surface area contributed by atoms with Crippen molar-refractivity contribution in [3.8, 4) is 11.1 Å². The Balaban J connectivity index is 1.96. The summed E-state index contributed by atoms with van der Waals surface area (Å²) in [7, 11) is 0. The van der Waals surface area contributed by atoms with E-state index in [1.54, 1.807) is 11.3 Å². The second-order valence-corrected chi connectivity index (χ2v) is 5.93. The third-order valence-electron chi connectivity index (χ3n) is 3.76. The van der Waals surface area contributed by atoms with Gasteiger partial charge in [0.2, 0.25) is 0 Å². The van der Waals surface area contributed by atoms with Crippen LogP contribution in [0.5, 0.6) is 0 Å².